The summed E-state index contributed by atoms with van der Waals surface area (Å²) in [6, 6.07) is 23.1. The van der Waals surface area contributed by atoms with Crippen molar-refractivity contribution in [2.24, 2.45) is 0 Å². The second-order valence-electron chi connectivity index (χ2n) is 9.05. The second-order valence-corrected chi connectivity index (χ2v) is 9.05. The molecule has 0 spiro atoms. The molecule has 1 fully saturated rings. The predicted molar refractivity (Wildman–Crippen MR) is 141 cm³/mol. The lowest BCUT2D eigenvalue weighted by Crippen LogP contribution is -2.52. The Morgan fingerprint density at radius 1 is 0.658 bits per heavy atom. The summed E-state index contributed by atoms with van der Waals surface area (Å²) in [6.07, 6.45) is -2.05. The monoisotopic (exact) mass is 524 g/mol. The zero-order valence-electron chi connectivity index (χ0n) is 22.1. The van der Waals surface area contributed by atoms with Gasteiger partial charge in [0.2, 0.25) is 0 Å². The number of aliphatic hydroxyl groups is 1. The van der Waals surface area contributed by atoms with Crippen molar-refractivity contribution in [1.82, 2.24) is 0 Å². The molecule has 1 aliphatic heterocycles. The van der Waals surface area contributed by atoms with Crippen LogP contribution in [0.25, 0.3) is 0 Å². The molecule has 8 heteroatoms. The SMILES string of the molecule is COc1ccc(COC[C@H]2OC(O)C[C@@H](OCc3ccc(OC)cc3)[C@@H]2OCc2ccc(OC)cc2)cc1. The van der Waals surface area contributed by atoms with Gasteiger partial charge in [0, 0.05) is 6.42 Å². The van der Waals surface area contributed by atoms with E-state index in [1.54, 1.807) is 21.3 Å². The van der Waals surface area contributed by atoms with Crippen LogP contribution in [0.5, 0.6) is 17.2 Å². The molecule has 1 unspecified atom stereocenters. The number of rotatable bonds is 13. The first kappa shape index (κ1) is 27.9. The first-order valence-corrected chi connectivity index (χ1v) is 12.6. The lowest BCUT2D eigenvalue weighted by Gasteiger charge is -2.39. The van der Waals surface area contributed by atoms with Crippen LogP contribution < -0.4 is 14.2 Å². The predicted octanol–water partition coefficient (Wildman–Crippen LogP) is 4.51. The van der Waals surface area contributed by atoms with E-state index in [0.29, 0.717) is 26.2 Å². The van der Waals surface area contributed by atoms with Crippen LogP contribution in [0.2, 0.25) is 0 Å². The summed E-state index contributed by atoms with van der Waals surface area (Å²) in [5, 5.41) is 10.5. The number of ether oxygens (including phenoxy) is 7. The Hall–Kier alpha value is -3.14. The van der Waals surface area contributed by atoms with Gasteiger partial charge in [0.15, 0.2) is 6.29 Å². The highest BCUT2D eigenvalue weighted by Gasteiger charge is 2.40. The summed E-state index contributed by atoms with van der Waals surface area (Å²) in [4.78, 5) is 0. The fourth-order valence-corrected chi connectivity index (χ4v) is 4.27. The molecule has 1 heterocycles. The maximum atomic E-state index is 10.5. The first-order chi connectivity index (χ1) is 18.6. The van der Waals surface area contributed by atoms with Crippen molar-refractivity contribution < 1.29 is 38.3 Å². The molecule has 8 nitrogen and oxygen atoms in total. The van der Waals surface area contributed by atoms with Gasteiger partial charge in [0.05, 0.1) is 53.9 Å². The number of methoxy groups -OCH3 is 3. The van der Waals surface area contributed by atoms with Crippen LogP contribution in [0.15, 0.2) is 72.8 Å². The van der Waals surface area contributed by atoms with Gasteiger partial charge in [-0.25, -0.2) is 0 Å². The van der Waals surface area contributed by atoms with Crippen molar-refractivity contribution in [3.63, 3.8) is 0 Å². The molecule has 0 saturated carbocycles. The molecule has 4 atom stereocenters. The molecule has 0 bridgehead atoms. The summed E-state index contributed by atoms with van der Waals surface area (Å²) in [7, 11) is 4.91. The van der Waals surface area contributed by atoms with Crippen molar-refractivity contribution in [2.75, 3.05) is 27.9 Å². The van der Waals surface area contributed by atoms with Gasteiger partial charge < -0.3 is 38.3 Å². The molecule has 0 radical (unpaired) electrons. The Balaban J connectivity index is 1.42. The lowest BCUT2D eigenvalue weighted by molar-refractivity contribution is -0.265. The summed E-state index contributed by atoms with van der Waals surface area (Å²) in [6.45, 7) is 1.34. The summed E-state index contributed by atoms with van der Waals surface area (Å²) in [5.74, 6) is 2.35. The molecule has 38 heavy (non-hydrogen) atoms. The van der Waals surface area contributed by atoms with E-state index >= 15 is 0 Å². The summed E-state index contributed by atoms with van der Waals surface area (Å²) >= 11 is 0. The fraction of sp³-hybridized carbons (Fsp3) is 0.400. The van der Waals surface area contributed by atoms with Gasteiger partial charge in [0.1, 0.15) is 29.5 Å². The van der Waals surface area contributed by atoms with Gasteiger partial charge in [-0.05, 0) is 53.1 Å². The van der Waals surface area contributed by atoms with E-state index in [1.165, 1.54) is 0 Å². The van der Waals surface area contributed by atoms with Crippen molar-refractivity contribution in [1.29, 1.82) is 0 Å². The van der Waals surface area contributed by atoms with Crippen molar-refractivity contribution in [2.45, 2.75) is 50.8 Å². The van der Waals surface area contributed by atoms with Crippen molar-refractivity contribution in [3.8, 4) is 17.2 Å². The minimum Gasteiger partial charge on any atom is -0.497 e. The first-order valence-electron chi connectivity index (χ1n) is 12.6. The second kappa shape index (κ2) is 14.1. The van der Waals surface area contributed by atoms with E-state index in [-0.39, 0.29) is 6.61 Å². The topological polar surface area (TPSA) is 84.8 Å². The van der Waals surface area contributed by atoms with Crippen LogP contribution in [0.4, 0.5) is 0 Å². The highest BCUT2D eigenvalue weighted by atomic mass is 16.6. The Kier molecular flexibility index (Phi) is 10.4. The third kappa shape index (κ3) is 7.93. The molecule has 1 aliphatic rings. The van der Waals surface area contributed by atoms with Gasteiger partial charge in [-0.15, -0.1) is 0 Å². The highest BCUT2D eigenvalue weighted by molar-refractivity contribution is 5.28. The maximum Gasteiger partial charge on any atom is 0.157 e. The summed E-state index contributed by atoms with van der Waals surface area (Å²) in [5.41, 5.74) is 2.99. The molecule has 3 aromatic carbocycles. The Labute approximate surface area is 224 Å². The Bertz CT molecular complexity index is 1080. The molecule has 3 aromatic rings. The zero-order chi connectivity index (χ0) is 26.7. The van der Waals surface area contributed by atoms with Crippen LogP contribution >= 0.6 is 0 Å². The van der Waals surface area contributed by atoms with Crippen LogP contribution in [0.1, 0.15) is 23.1 Å². The van der Waals surface area contributed by atoms with E-state index in [9.17, 15) is 5.11 Å². The smallest absolute Gasteiger partial charge is 0.157 e. The normalized spacial score (nSPS) is 21.2. The van der Waals surface area contributed by atoms with Crippen LogP contribution in [-0.2, 0) is 38.8 Å². The molecule has 1 saturated heterocycles. The largest absolute Gasteiger partial charge is 0.497 e. The van der Waals surface area contributed by atoms with Crippen LogP contribution in [0.3, 0.4) is 0 Å². The highest BCUT2D eigenvalue weighted by Crippen LogP contribution is 2.27. The molecule has 204 valence electrons. The molecule has 0 aromatic heterocycles. The minimum absolute atomic E-state index is 0.235. The van der Waals surface area contributed by atoms with E-state index in [4.69, 9.17) is 33.2 Å². The van der Waals surface area contributed by atoms with Gasteiger partial charge in [0.25, 0.3) is 0 Å². The third-order valence-electron chi connectivity index (χ3n) is 6.43. The molecule has 0 amide bonds. The van der Waals surface area contributed by atoms with Gasteiger partial charge in [-0.1, -0.05) is 36.4 Å². The zero-order valence-corrected chi connectivity index (χ0v) is 22.1. The third-order valence-corrected chi connectivity index (χ3v) is 6.43. The molecule has 4 rings (SSSR count). The Morgan fingerprint density at radius 2 is 1.11 bits per heavy atom. The fourth-order valence-electron chi connectivity index (χ4n) is 4.27. The molecular formula is C30H36O8. The number of hydrogen-bond donors (Lipinski definition) is 1. The quantitative estimate of drug-likeness (QED) is 0.350. The van der Waals surface area contributed by atoms with Gasteiger partial charge >= 0.3 is 0 Å². The van der Waals surface area contributed by atoms with Crippen molar-refractivity contribution >= 4 is 0 Å². The number of benzene rings is 3. The Morgan fingerprint density at radius 3 is 1.58 bits per heavy atom. The van der Waals surface area contributed by atoms with Gasteiger partial charge in [-0.3, -0.25) is 0 Å². The van der Waals surface area contributed by atoms with E-state index in [1.807, 2.05) is 72.8 Å². The van der Waals surface area contributed by atoms with E-state index in [2.05, 4.69) is 0 Å². The van der Waals surface area contributed by atoms with E-state index in [0.717, 1.165) is 33.9 Å². The maximum absolute atomic E-state index is 10.5. The van der Waals surface area contributed by atoms with Crippen LogP contribution in [-0.4, -0.2) is 57.6 Å². The number of hydrogen-bond acceptors (Lipinski definition) is 8. The standard InChI is InChI=1S/C30H36O8/c1-32-24-10-4-21(5-11-24)17-35-20-28-30(37-19-23-8-14-26(34-3)15-9-23)27(16-29(31)38-28)36-18-22-6-12-25(33-2)13-7-22/h4-15,27-31H,16-20H2,1-3H3/t27-,28-,29?,30+/m1/s1. The summed E-state index contributed by atoms with van der Waals surface area (Å²) < 4.78 is 40.2. The van der Waals surface area contributed by atoms with Crippen molar-refractivity contribution in [3.05, 3.63) is 89.5 Å². The number of aliphatic hydroxyl groups excluding tert-OH is 1. The average Bonchev–Trinajstić information content (AvgIpc) is 2.96. The lowest BCUT2D eigenvalue weighted by atomic mass is 10.0. The average molecular weight is 525 g/mol. The molecular weight excluding hydrogens is 488 g/mol. The van der Waals surface area contributed by atoms with E-state index < -0.39 is 24.6 Å². The molecule has 0 aliphatic carbocycles. The minimum atomic E-state index is -0.980. The van der Waals surface area contributed by atoms with Crippen LogP contribution in [0, 0.1) is 0 Å². The molecule has 1 N–H and O–H groups in total. The van der Waals surface area contributed by atoms with Gasteiger partial charge in [-0.2, -0.15) is 0 Å².